The lowest BCUT2D eigenvalue weighted by Crippen LogP contribution is -2.32. The number of rotatable bonds is 4. The van der Waals surface area contributed by atoms with Crippen molar-refractivity contribution in [2.45, 2.75) is 25.8 Å². The van der Waals surface area contributed by atoms with Gasteiger partial charge in [0.05, 0.1) is 5.69 Å². The number of hydrogen-bond donors (Lipinski definition) is 2. The number of H-pyrrole nitrogens is 1. The summed E-state index contributed by atoms with van der Waals surface area (Å²) in [6, 6.07) is 7.58. The average molecular weight is 368 g/mol. The van der Waals surface area contributed by atoms with Gasteiger partial charge in [0, 0.05) is 23.2 Å². The van der Waals surface area contributed by atoms with Gasteiger partial charge in [0.25, 0.3) is 5.56 Å². The summed E-state index contributed by atoms with van der Waals surface area (Å²) < 4.78 is 1.13. The van der Waals surface area contributed by atoms with Gasteiger partial charge < -0.3 is 5.32 Å². The largest absolute Gasteiger partial charge is 0.328 e. The molecule has 1 aromatic carbocycles. The van der Waals surface area contributed by atoms with Crippen LogP contribution in [0.3, 0.4) is 0 Å². The molecule has 0 atom stereocenters. The van der Waals surface area contributed by atoms with Crippen LogP contribution in [0.25, 0.3) is 11.3 Å². The predicted molar refractivity (Wildman–Crippen MR) is 99.5 cm³/mol. The van der Waals surface area contributed by atoms with Crippen molar-refractivity contribution in [2.24, 2.45) is 0 Å². The smallest absolute Gasteiger partial charge is 0.300 e. The summed E-state index contributed by atoms with van der Waals surface area (Å²) in [5.41, 5.74) is 3.53. The molecule has 1 aliphatic rings. The Morgan fingerprint density at radius 2 is 2.08 bits per heavy atom. The maximum Gasteiger partial charge on any atom is 0.328 e. The van der Waals surface area contributed by atoms with E-state index in [1.165, 1.54) is 41.1 Å². The van der Waals surface area contributed by atoms with E-state index in [0.29, 0.717) is 5.13 Å². The quantitative estimate of drug-likeness (QED) is 0.734. The standard InChI is InChI=1S/C18H16N4O3S/c23-15-6-7-22(18(25)21-15)9-16(24)20-17-19-14(10-26-17)13-5-4-11-2-1-3-12(11)8-13/h4-8,10H,1-3,9H2,(H,19,20,24)(H,21,23,25). The first-order chi connectivity index (χ1) is 12.6. The number of aromatic amines is 1. The van der Waals surface area contributed by atoms with Crippen molar-refractivity contribution in [1.29, 1.82) is 0 Å². The van der Waals surface area contributed by atoms with E-state index in [1.54, 1.807) is 0 Å². The number of nitrogens with one attached hydrogen (secondary N) is 2. The number of thiazole rings is 1. The van der Waals surface area contributed by atoms with Gasteiger partial charge in [-0.25, -0.2) is 9.78 Å². The number of amides is 1. The van der Waals surface area contributed by atoms with Crippen molar-refractivity contribution in [1.82, 2.24) is 14.5 Å². The molecule has 0 spiro atoms. The number of benzene rings is 1. The van der Waals surface area contributed by atoms with Gasteiger partial charge in [-0.05, 0) is 36.5 Å². The number of fused-ring (bicyclic) bond motifs is 1. The SMILES string of the molecule is O=C(Cn1ccc(=O)[nH]c1=O)Nc1nc(-c2ccc3c(c2)CCC3)cs1. The monoisotopic (exact) mass is 368 g/mol. The van der Waals surface area contributed by atoms with Crippen molar-refractivity contribution in [3.63, 3.8) is 0 Å². The molecular formula is C18H16N4O3S. The third-order valence-corrected chi connectivity index (χ3v) is 5.11. The minimum atomic E-state index is -0.620. The van der Waals surface area contributed by atoms with Gasteiger partial charge in [-0.3, -0.25) is 19.1 Å². The van der Waals surface area contributed by atoms with Gasteiger partial charge in [-0.2, -0.15) is 0 Å². The first kappa shape index (κ1) is 16.5. The van der Waals surface area contributed by atoms with Crippen molar-refractivity contribution in [2.75, 3.05) is 5.32 Å². The second-order valence-electron chi connectivity index (χ2n) is 6.16. The Labute approximate surface area is 152 Å². The highest BCUT2D eigenvalue weighted by Gasteiger charge is 2.14. The molecule has 0 radical (unpaired) electrons. The minimum absolute atomic E-state index is 0.191. The summed E-state index contributed by atoms with van der Waals surface area (Å²) in [5, 5.41) is 5.07. The molecule has 3 aromatic rings. The predicted octanol–water partition coefficient (Wildman–Crippen LogP) is 1.79. The van der Waals surface area contributed by atoms with Gasteiger partial charge in [-0.15, -0.1) is 11.3 Å². The van der Waals surface area contributed by atoms with Crippen LogP contribution in [-0.4, -0.2) is 20.4 Å². The van der Waals surface area contributed by atoms with Crippen LogP contribution in [0.15, 0.2) is 45.4 Å². The second-order valence-corrected chi connectivity index (χ2v) is 7.02. The maximum atomic E-state index is 12.1. The molecular weight excluding hydrogens is 352 g/mol. The summed E-state index contributed by atoms with van der Waals surface area (Å²) in [5.74, 6) is -0.381. The maximum absolute atomic E-state index is 12.1. The highest BCUT2D eigenvalue weighted by molar-refractivity contribution is 7.14. The van der Waals surface area contributed by atoms with Crippen molar-refractivity contribution in [3.8, 4) is 11.3 Å². The Bertz CT molecular complexity index is 1100. The zero-order valence-corrected chi connectivity index (χ0v) is 14.6. The fourth-order valence-corrected chi connectivity index (χ4v) is 3.81. The molecule has 1 aliphatic carbocycles. The summed E-state index contributed by atoms with van der Waals surface area (Å²) in [6.45, 7) is -0.191. The Balaban J connectivity index is 1.47. The Hall–Kier alpha value is -3.00. The molecule has 4 rings (SSSR count). The minimum Gasteiger partial charge on any atom is -0.300 e. The molecule has 26 heavy (non-hydrogen) atoms. The van der Waals surface area contributed by atoms with Gasteiger partial charge in [0.2, 0.25) is 5.91 Å². The molecule has 0 saturated carbocycles. The number of carbonyl (C=O) groups excluding carboxylic acids is 1. The summed E-state index contributed by atoms with van der Waals surface area (Å²) in [6.07, 6.45) is 4.72. The molecule has 0 fully saturated rings. The molecule has 7 nitrogen and oxygen atoms in total. The molecule has 2 heterocycles. The average Bonchev–Trinajstić information content (AvgIpc) is 3.25. The topological polar surface area (TPSA) is 96.9 Å². The number of aryl methyl sites for hydroxylation is 2. The fraction of sp³-hybridized carbons (Fsp3) is 0.222. The third kappa shape index (κ3) is 3.36. The van der Waals surface area contributed by atoms with E-state index in [1.807, 2.05) is 5.38 Å². The highest BCUT2D eigenvalue weighted by atomic mass is 32.1. The van der Waals surface area contributed by atoms with Gasteiger partial charge >= 0.3 is 5.69 Å². The summed E-state index contributed by atoms with van der Waals surface area (Å²) in [7, 11) is 0. The zero-order chi connectivity index (χ0) is 18.1. The number of anilines is 1. The molecule has 2 N–H and O–H groups in total. The second kappa shape index (κ2) is 6.72. The van der Waals surface area contributed by atoms with E-state index in [4.69, 9.17) is 0 Å². The number of nitrogens with zero attached hydrogens (tertiary/aromatic N) is 2. The Kier molecular flexibility index (Phi) is 4.26. The highest BCUT2D eigenvalue weighted by Crippen LogP contribution is 2.30. The summed E-state index contributed by atoms with van der Waals surface area (Å²) in [4.78, 5) is 41.4. The summed E-state index contributed by atoms with van der Waals surface area (Å²) >= 11 is 1.33. The van der Waals surface area contributed by atoms with Crippen LogP contribution in [0, 0.1) is 0 Å². The van der Waals surface area contributed by atoms with Crippen LogP contribution in [0.2, 0.25) is 0 Å². The molecule has 0 saturated heterocycles. The van der Waals surface area contributed by atoms with Crippen LogP contribution in [-0.2, 0) is 24.2 Å². The Morgan fingerprint density at radius 1 is 1.23 bits per heavy atom. The van der Waals surface area contributed by atoms with E-state index in [0.717, 1.165) is 28.7 Å². The molecule has 0 bridgehead atoms. The van der Waals surface area contributed by atoms with Crippen LogP contribution in [0.1, 0.15) is 17.5 Å². The first-order valence-electron chi connectivity index (χ1n) is 8.26. The lowest BCUT2D eigenvalue weighted by atomic mass is 10.1. The molecule has 2 aromatic heterocycles. The zero-order valence-electron chi connectivity index (χ0n) is 13.8. The number of aromatic nitrogens is 3. The van der Waals surface area contributed by atoms with E-state index >= 15 is 0 Å². The van der Waals surface area contributed by atoms with Crippen molar-refractivity contribution < 1.29 is 4.79 Å². The molecule has 132 valence electrons. The lowest BCUT2D eigenvalue weighted by molar-refractivity contribution is -0.116. The number of carbonyl (C=O) groups is 1. The molecule has 8 heteroatoms. The van der Waals surface area contributed by atoms with E-state index < -0.39 is 11.2 Å². The van der Waals surface area contributed by atoms with Crippen LogP contribution in [0.5, 0.6) is 0 Å². The number of hydrogen-bond acceptors (Lipinski definition) is 5. The lowest BCUT2D eigenvalue weighted by Gasteiger charge is -2.04. The van der Waals surface area contributed by atoms with Crippen LogP contribution >= 0.6 is 11.3 Å². The first-order valence-corrected chi connectivity index (χ1v) is 9.14. The van der Waals surface area contributed by atoms with Crippen molar-refractivity contribution in [3.05, 3.63) is 67.8 Å². The van der Waals surface area contributed by atoms with E-state index in [-0.39, 0.29) is 12.5 Å². The van der Waals surface area contributed by atoms with Gasteiger partial charge in [-0.1, -0.05) is 12.1 Å². The van der Waals surface area contributed by atoms with Crippen LogP contribution < -0.4 is 16.6 Å². The molecule has 1 amide bonds. The molecule has 0 aliphatic heterocycles. The van der Waals surface area contributed by atoms with E-state index in [9.17, 15) is 14.4 Å². The molecule has 0 unspecified atom stereocenters. The fourth-order valence-electron chi connectivity index (χ4n) is 3.08. The van der Waals surface area contributed by atoms with Crippen molar-refractivity contribution >= 4 is 22.4 Å². The van der Waals surface area contributed by atoms with Gasteiger partial charge in [0.15, 0.2) is 5.13 Å². The van der Waals surface area contributed by atoms with E-state index in [2.05, 4.69) is 33.5 Å². The third-order valence-electron chi connectivity index (χ3n) is 4.36. The normalized spacial score (nSPS) is 12.8. The Morgan fingerprint density at radius 3 is 2.92 bits per heavy atom. The van der Waals surface area contributed by atoms with Gasteiger partial charge in [0.1, 0.15) is 6.54 Å². The van der Waals surface area contributed by atoms with Crippen LogP contribution in [0.4, 0.5) is 5.13 Å².